The van der Waals surface area contributed by atoms with E-state index in [0.717, 1.165) is 54.9 Å². The van der Waals surface area contributed by atoms with Crippen LogP contribution in [-0.4, -0.2) is 59.3 Å². The third-order valence-corrected chi connectivity index (χ3v) is 5.90. The van der Waals surface area contributed by atoms with Gasteiger partial charge in [0.2, 0.25) is 5.91 Å². The SMILES string of the molecule is CCN1CCN(c2ccc(C(F)(F)F)cc2NC(=O)CSc2nc(C)cc(C)n2)CC1. The average molecular weight is 454 g/mol. The van der Waals surface area contributed by atoms with E-state index < -0.39 is 17.6 Å². The van der Waals surface area contributed by atoms with E-state index in [1.165, 1.54) is 6.07 Å². The molecule has 1 aliphatic rings. The predicted octanol–water partition coefficient (Wildman–Crippen LogP) is 3.98. The number of likely N-dealkylation sites (N-methyl/N-ethyl adjacent to an activating group) is 1. The summed E-state index contributed by atoms with van der Waals surface area (Å²) in [7, 11) is 0. The fraction of sp³-hybridized carbons (Fsp3) is 0.476. The van der Waals surface area contributed by atoms with E-state index in [9.17, 15) is 18.0 Å². The number of halogens is 3. The maximum absolute atomic E-state index is 13.3. The van der Waals surface area contributed by atoms with Crippen LogP contribution in [0.1, 0.15) is 23.9 Å². The highest BCUT2D eigenvalue weighted by molar-refractivity contribution is 7.99. The number of carbonyl (C=O) groups excluding carboxylic acids is 1. The maximum Gasteiger partial charge on any atom is 0.416 e. The molecule has 2 aromatic rings. The second-order valence-electron chi connectivity index (χ2n) is 7.42. The third-order valence-electron chi connectivity index (χ3n) is 5.05. The number of nitrogens with zero attached hydrogens (tertiary/aromatic N) is 4. The lowest BCUT2D eigenvalue weighted by molar-refractivity contribution is -0.137. The van der Waals surface area contributed by atoms with Crippen LogP contribution in [0, 0.1) is 13.8 Å². The van der Waals surface area contributed by atoms with Crippen molar-refractivity contribution < 1.29 is 18.0 Å². The van der Waals surface area contributed by atoms with E-state index in [2.05, 4.69) is 27.1 Å². The van der Waals surface area contributed by atoms with E-state index in [1.54, 1.807) is 0 Å². The summed E-state index contributed by atoms with van der Waals surface area (Å²) in [5.41, 5.74) is 1.57. The van der Waals surface area contributed by atoms with Crippen molar-refractivity contribution in [1.29, 1.82) is 0 Å². The zero-order chi connectivity index (χ0) is 22.6. The van der Waals surface area contributed by atoms with Gasteiger partial charge in [0.1, 0.15) is 0 Å². The number of hydrogen-bond acceptors (Lipinski definition) is 6. The van der Waals surface area contributed by atoms with Crippen molar-refractivity contribution >= 4 is 29.0 Å². The largest absolute Gasteiger partial charge is 0.416 e. The first-order chi connectivity index (χ1) is 14.7. The Morgan fingerprint density at radius 2 is 1.74 bits per heavy atom. The van der Waals surface area contributed by atoms with Crippen molar-refractivity contribution in [2.75, 3.05) is 48.7 Å². The van der Waals surface area contributed by atoms with E-state index in [0.29, 0.717) is 23.9 Å². The van der Waals surface area contributed by atoms with Crippen molar-refractivity contribution in [2.45, 2.75) is 32.1 Å². The van der Waals surface area contributed by atoms with Gasteiger partial charge < -0.3 is 15.1 Å². The number of alkyl halides is 3. The van der Waals surface area contributed by atoms with Crippen molar-refractivity contribution in [3.8, 4) is 0 Å². The molecule has 168 valence electrons. The Bertz CT molecular complexity index is 909. The van der Waals surface area contributed by atoms with Crippen molar-refractivity contribution in [3.05, 3.63) is 41.2 Å². The molecule has 1 aromatic carbocycles. The number of benzene rings is 1. The number of nitrogens with one attached hydrogen (secondary N) is 1. The van der Waals surface area contributed by atoms with Crippen LogP contribution >= 0.6 is 11.8 Å². The lowest BCUT2D eigenvalue weighted by Gasteiger charge is -2.36. The zero-order valence-electron chi connectivity index (χ0n) is 17.8. The molecule has 0 atom stereocenters. The Morgan fingerprint density at radius 1 is 1.10 bits per heavy atom. The molecule has 0 unspecified atom stereocenters. The first-order valence-electron chi connectivity index (χ1n) is 10.1. The molecule has 1 aliphatic heterocycles. The molecule has 1 N–H and O–H groups in total. The number of aryl methyl sites for hydroxylation is 2. The Morgan fingerprint density at radius 3 is 2.32 bits per heavy atom. The number of carbonyl (C=O) groups is 1. The number of rotatable bonds is 6. The van der Waals surface area contributed by atoms with Crippen molar-refractivity contribution in [3.63, 3.8) is 0 Å². The second-order valence-corrected chi connectivity index (χ2v) is 8.36. The molecule has 0 aliphatic carbocycles. The van der Waals surface area contributed by atoms with Gasteiger partial charge in [-0.3, -0.25) is 4.79 Å². The van der Waals surface area contributed by atoms with Gasteiger partial charge in [0.05, 0.1) is 22.7 Å². The van der Waals surface area contributed by atoms with Gasteiger partial charge in [-0.1, -0.05) is 18.7 Å². The molecular weight excluding hydrogens is 427 g/mol. The summed E-state index contributed by atoms with van der Waals surface area (Å²) in [6.07, 6.45) is -4.49. The van der Waals surface area contributed by atoms with E-state index in [-0.39, 0.29) is 11.4 Å². The maximum atomic E-state index is 13.3. The molecule has 6 nitrogen and oxygen atoms in total. The number of piperazine rings is 1. The molecule has 0 radical (unpaired) electrons. The second kappa shape index (κ2) is 9.86. The summed E-state index contributed by atoms with van der Waals surface area (Å²) in [5, 5.41) is 3.14. The summed E-state index contributed by atoms with van der Waals surface area (Å²) in [4.78, 5) is 25.4. The lowest BCUT2D eigenvalue weighted by atomic mass is 10.1. The quantitative estimate of drug-likeness (QED) is 0.527. The van der Waals surface area contributed by atoms with Crippen molar-refractivity contribution in [2.24, 2.45) is 0 Å². The van der Waals surface area contributed by atoms with Crippen LogP contribution in [0.4, 0.5) is 24.5 Å². The summed E-state index contributed by atoms with van der Waals surface area (Å²) in [6, 6.07) is 5.35. The molecule has 0 spiro atoms. The highest BCUT2D eigenvalue weighted by atomic mass is 32.2. The normalized spacial score (nSPS) is 15.2. The van der Waals surface area contributed by atoms with Crippen LogP contribution in [0.2, 0.25) is 0 Å². The first kappa shape index (κ1) is 23.3. The first-order valence-corrected chi connectivity index (χ1v) is 11.1. The minimum absolute atomic E-state index is 0.00217. The van der Waals surface area contributed by atoms with Crippen LogP contribution in [0.15, 0.2) is 29.4 Å². The average Bonchev–Trinajstić information content (AvgIpc) is 2.71. The number of amides is 1. The van der Waals surface area contributed by atoms with Gasteiger partial charge in [-0.05, 0) is 44.7 Å². The van der Waals surface area contributed by atoms with E-state index in [1.807, 2.05) is 24.8 Å². The Kier molecular flexibility index (Phi) is 7.42. The number of hydrogen-bond donors (Lipinski definition) is 1. The molecule has 0 bridgehead atoms. The summed E-state index contributed by atoms with van der Waals surface area (Å²) >= 11 is 1.15. The van der Waals surface area contributed by atoms with Crippen molar-refractivity contribution in [1.82, 2.24) is 14.9 Å². The fourth-order valence-corrected chi connectivity index (χ4v) is 4.22. The van der Waals surface area contributed by atoms with Crippen LogP contribution in [0.25, 0.3) is 0 Å². The van der Waals surface area contributed by atoms with Gasteiger partial charge in [0, 0.05) is 37.6 Å². The topological polar surface area (TPSA) is 61.4 Å². The minimum Gasteiger partial charge on any atom is -0.367 e. The molecule has 0 saturated carbocycles. The highest BCUT2D eigenvalue weighted by Crippen LogP contribution is 2.36. The zero-order valence-corrected chi connectivity index (χ0v) is 18.6. The smallest absolute Gasteiger partial charge is 0.367 e. The van der Waals surface area contributed by atoms with Gasteiger partial charge in [0.15, 0.2) is 5.16 Å². The fourth-order valence-electron chi connectivity index (χ4n) is 3.47. The summed E-state index contributed by atoms with van der Waals surface area (Å²) < 4.78 is 39.8. The molecule has 1 aromatic heterocycles. The minimum atomic E-state index is -4.49. The van der Waals surface area contributed by atoms with Crippen LogP contribution in [-0.2, 0) is 11.0 Å². The molecule has 31 heavy (non-hydrogen) atoms. The summed E-state index contributed by atoms with van der Waals surface area (Å²) in [6.45, 7) is 9.72. The third kappa shape index (κ3) is 6.33. The molecule has 10 heteroatoms. The molecule has 1 amide bonds. The number of thioether (sulfide) groups is 1. The number of anilines is 2. The monoisotopic (exact) mass is 453 g/mol. The molecule has 3 rings (SSSR count). The molecule has 1 saturated heterocycles. The van der Waals surface area contributed by atoms with E-state index >= 15 is 0 Å². The Hall–Kier alpha value is -2.33. The standard InChI is InChI=1S/C21H26F3N5OS/c1-4-28-7-9-29(10-8-28)18-6-5-16(21(22,23)24)12-17(18)27-19(30)13-31-20-25-14(2)11-15(3)26-20/h5-6,11-12H,4,7-10,13H2,1-3H3,(H,27,30). The Balaban J connectivity index is 1.76. The summed E-state index contributed by atoms with van der Waals surface area (Å²) in [5.74, 6) is -0.400. The van der Waals surface area contributed by atoms with Crippen LogP contribution < -0.4 is 10.2 Å². The van der Waals surface area contributed by atoms with Gasteiger partial charge >= 0.3 is 6.18 Å². The number of aromatic nitrogens is 2. The predicted molar refractivity (Wildman–Crippen MR) is 117 cm³/mol. The lowest BCUT2D eigenvalue weighted by Crippen LogP contribution is -2.46. The molecule has 2 heterocycles. The van der Waals surface area contributed by atoms with Crippen LogP contribution in [0.5, 0.6) is 0 Å². The van der Waals surface area contributed by atoms with E-state index in [4.69, 9.17) is 0 Å². The van der Waals surface area contributed by atoms with Gasteiger partial charge in [-0.25, -0.2) is 9.97 Å². The van der Waals surface area contributed by atoms with Gasteiger partial charge in [-0.2, -0.15) is 13.2 Å². The molecular formula is C21H26F3N5OS. The molecule has 1 fully saturated rings. The van der Waals surface area contributed by atoms with Gasteiger partial charge in [-0.15, -0.1) is 0 Å². The van der Waals surface area contributed by atoms with Crippen LogP contribution in [0.3, 0.4) is 0 Å². The Labute approximate surface area is 184 Å². The highest BCUT2D eigenvalue weighted by Gasteiger charge is 2.32. The van der Waals surface area contributed by atoms with Gasteiger partial charge in [0.25, 0.3) is 0 Å².